The lowest BCUT2D eigenvalue weighted by Gasteiger charge is -2.00. The zero-order valence-electron chi connectivity index (χ0n) is 7.27. The summed E-state index contributed by atoms with van der Waals surface area (Å²) in [5.74, 6) is 0.0496. The molecule has 6 nitrogen and oxygen atoms in total. The monoisotopic (exact) mass is 187 g/mol. The van der Waals surface area contributed by atoms with Crippen molar-refractivity contribution in [3.8, 4) is 0 Å². The van der Waals surface area contributed by atoms with E-state index in [4.69, 9.17) is 0 Å². The van der Waals surface area contributed by atoms with Crippen LogP contribution in [0.15, 0.2) is 24.1 Å². The molecule has 13 heavy (non-hydrogen) atoms. The van der Waals surface area contributed by atoms with Crippen molar-refractivity contribution in [2.24, 2.45) is 0 Å². The molecule has 0 atom stereocenters. The maximum atomic E-state index is 10.5. The van der Waals surface area contributed by atoms with Crippen molar-refractivity contribution in [3.63, 3.8) is 0 Å². The van der Waals surface area contributed by atoms with E-state index < -0.39 is 11.1 Å². The highest BCUT2D eigenvalue weighted by Crippen LogP contribution is 2.03. The molecule has 0 amide bonds. The minimum Gasteiger partial charge on any atom is -0.437 e. The van der Waals surface area contributed by atoms with E-state index >= 15 is 0 Å². The molecule has 0 aliphatic rings. The quantitative estimate of drug-likeness (QED) is 0.220. The van der Waals surface area contributed by atoms with Gasteiger partial charge in [0.1, 0.15) is 5.76 Å². The zero-order chi connectivity index (χ0) is 10.4. The lowest BCUT2D eigenvalue weighted by Crippen LogP contribution is -2.03. The van der Waals surface area contributed by atoms with Crippen molar-refractivity contribution < 1.29 is 19.2 Å². The molecule has 0 aliphatic heterocycles. The van der Waals surface area contributed by atoms with Gasteiger partial charge >= 0.3 is 6.16 Å². The summed E-state index contributed by atoms with van der Waals surface area (Å²) in [5.41, 5.74) is -0.360. The Kier molecular flexibility index (Phi) is 4.21. The first-order valence-corrected chi connectivity index (χ1v) is 3.24. The van der Waals surface area contributed by atoms with Gasteiger partial charge < -0.3 is 9.47 Å². The number of hydrogen-bond donors (Lipinski definition) is 0. The minimum absolute atomic E-state index is 0.0496. The number of carbonyl (C=O) groups excluding carboxylic acids is 1. The average molecular weight is 187 g/mol. The third-order valence-corrected chi connectivity index (χ3v) is 1.02. The standard InChI is InChI=1S/C7H9NO5/c1-5(8(10)11)4-6(2)13-7(9)12-3/h4H,1H2,2-3H3/b6-4+. The van der Waals surface area contributed by atoms with Gasteiger partial charge in [-0.25, -0.2) is 4.79 Å². The fourth-order valence-corrected chi connectivity index (χ4v) is 0.490. The molecule has 0 spiro atoms. The predicted molar refractivity (Wildman–Crippen MR) is 43.4 cm³/mol. The largest absolute Gasteiger partial charge is 0.513 e. The lowest BCUT2D eigenvalue weighted by atomic mass is 10.4. The van der Waals surface area contributed by atoms with E-state index in [0.29, 0.717) is 0 Å². The second-order valence-corrected chi connectivity index (χ2v) is 2.06. The summed E-state index contributed by atoms with van der Waals surface area (Å²) in [5, 5.41) is 10.1. The molecule has 72 valence electrons. The maximum Gasteiger partial charge on any atom is 0.513 e. The number of nitro groups is 1. The number of rotatable bonds is 3. The van der Waals surface area contributed by atoms with E-state index in [1.807, 2.05) is 0 Å². The average Bonchev–Trinajstić information content (AvgIpc) is 2.03. The first kappa shape index (κ1) is 11.2. The molecule has 0 aromatic heterocycles. The molecule has 0 radical (unpaired) electrons. The van der Waals surface area contributed by atoms with Crippen LogP contribution in [0.5, 0.6) is 0 Å². The van der Waals surface area contributed by atoms with Gasteiger partial charge in [0.2, 0.25) is 0 Å². The van der Waals surface area contributed by atoms with Crippen LogP contribution in [0.4, 0.5) is 4.79 Å². The number of allylic oxidation sites excluding steroid dienone is 2. The highest BCUT2D eigenvalue weighted by molar-refractivity contribution is 5.61. The van der Waals surface area contributed by atoms with E-state index in [0.717, 1.165) is 13.2 Å². The van der Waals surface area contributed by atoms with Gasteiger partial charge in [0.05, 0.1) is 18.1 Å². The smallest absolute Gasteiger partial charge is 0.437 e. The van der Waals surface area contributed by atoms with E-state index in [1.54, 1.807) is 0 Å². The lowest BCUT2D eigenvalue weighted by molar-refractivity contribution is -0.418. The molecule has 0 N–H and O–H groups in total. The van der Waals surface area contributed by atoms with Gasteiger partial charge in [-0.2, -0.15) is 0 Å². The summed E-state index contributed by atoms with van der Waals surface area (Å²) < 4.78 is 8.62. The van der Waals surface area contributed by atoms with Crippen molar-refractivity contribution in [2.45, 2.75) is 6.92 Å². The van der Waals surface area contributed by atoms with Gasteiger partial charge in [0.25, 0.3) is 5.70 Å². The summed E-state index contributed by atoms with van der Waals surface area (Å²) in [7, 11) is 1.14. The van der Waals surface area contributed by atoms with Gasteiger partial charge in [0.15, 0.2) is 0 Å². The summed E-state index contributed by atoms with van der Waals surface area (Å²) in [6, 6.07) is 0. The molecule has 0 unspecified atom stereocenters. The van der Waals surface area contributed by atoms with Crippen LogP contribution in [0.1, 0.15) is 6.92 Å². The Balaban J connectivity index is 4.25. The van der Waals surface area contributed by atoms with Crippen molar-refractivity contribution in [2.75, 3.05) is 7.11 Å². The highest BCUT2D eigenvalue weighted by atomic mass is 16.7. The van der Waals surface area contributed by atoms with Gasteiger partial charge in [-0.15, -0.1) is 0 Å². The Hall–Kier alpha value is -1.85. The van der Waals surface area contributed by atoms with E-state index in [9.17, 15) is 14.9 Å². The molecule has 0 saturated heterocycles. The van der Waals surface area contributed by atoms with Crippen molar-refractivity contribution in [1.29, 1.82) is 0 Å². The number of ether oxygens (including phenoxy) is 2. The molecule has 0 rings (SSSR count). The number of hydrogen-bond acceptors (Lipinski definition) is 5. The molecule has 0 fully saturated rings. The molecule has 6 heteroatoms. The van der Waals surface area contributed by atoms with Crippen LogP contribution in [0.25, 0.3) is 0 Å². The molecule has 0 bridgehead atoms. The van der Waals surface area contributed by atoms with Gasteiger partial charge in [-0.05, 0) is 13.5 Å². The van der Waals surface area contributed by atoms with Crippen LogP contribution < -0.4 is 0 Å². The van der Waals surface area contributed by atoms with E-state index in [-0.39, 0.29) is 11.5 Å². The Morgan fingerprint density at radius 1 is 1.62 bits per heavy atom. The molecule has 0 aromatic rings. The number of methoxy groups -OCH3 is 1. The third-order valence-electron chi connectivity index (χ3n) is 1.02. The maximum absolute atomic E-state index is 10.5. The van der Waals surface area contributed by atoms with Crippen LogP contribution in [0.3, 0.4) is 0 Å². The predicted octanol–water partition coefficient (Wildman–Crippen LogP) is 1.46. The molecular formula is C7H9NO5. The topological polar surface area (TPSA) is 78.7 Å². The van der Waals surface area contributed by atoms with E-state index in [2.05, 4.69) is 16.1 Å². The summed E-state index contributed by atoms with van der Waals surface area (Å²) in [6.45, 7) is 4.50. The Morgan fingerprint density at radius 2 is 2.15 bits per heavy atom. The first-order valence-electron chi connectivity index (χ1n) is 3.24. The van der Waals surface area contributed by atoms with Crippen LogP contribution in [0.2, 0.25) is 0 Å². The Labute approximate surface area is 74.6 Å². The first-order chi connectivity index (χ1) is 5.97. The molecule has 0 aromatic carbocycles. The normalized spacial score (nSPS) is 10.5. The van der Waals surface area contributed by atoms with Crippen molar-refractivity contribution >= 4 is 6.16 Å². The summed E-state index contributed by atoms with van der Waals surface area (Å²) in [4.78, 5) is 19.9. The third kappa shape index (κ3) is 4.57. The summed E-state index contributed by atoms with van der Waals surface area (Å²) >= 11 is 0. The molecule has 0 aliphatic carbocycles. The minimum atomic E-state index is -0.926. The molecule has 0 saturated carbocycles. The number of nitrogens with zero attached hydrogens (tertiary/aromatic N) is 1. The van der Waals surface area contributed by atoms with Gasteiger partial charge in [-0.1, -0.05) is 0 Å². The second-order valence-electron chi connectivity index (χ2n) is 2.06. The van der Waals surface area contributed by atoms with Crippen LogP contribution >= 0.6 is 0 Å². The van der Waals surface area contributed by atoms with Crippen LogP contribution in [-0.2, 0) is 9.47 Å². The summed E-state index contributed by atoms with van der Waals surface area (Å²) in [6.07, 6.45) is 0.0987. The van der Waals surface area contributed by atoms with Crippen LogP contribution in [-0.4, -0.2) is 18.2 Å². The fraction of sp³-hybridized carbons (Fsp3) is 0.286. The molecular weight excluding hydrogens is 178 g/mol. The van der Waals surface area contributed by atoms with E-state index in [1.165, 1.54) is 6.92 Å². The molecule has 0 heterocycles. The Morgan fingerprint density at radius 3 is 2.54 bits per heavy atom. The van der Waals surface area contributed by atoms with Gasteiger partial charge in [0, 0.05) is 0 Å². The zero-order valence-corrected chi connectivity index (χ0v) is 7.27. The second kappa shape index (κ2) is 4.91. The van der Waals surface area contributed by atoms with Crippen LogP contribution in [0, 0.1) is 10.1 Å². The SMILES string of the molecule is C=C(/C=C(\C)OC(=O)OC)[N+](=O)[O-]. The van der Waals surface area contributed by atoms with Gasteiger partial charge in [-0.3, -0.25) is 10.1 Å². The van der Waals surface area contributed by atoms with Crippen molar-refractivity contribution in [3.05, 3.63) is 34.2 Å². The van der Waals surface area contributed by atoms with Crippen molar-refractivity contribution in [1.82, 2.24) is 0 Å². The fourth-order valence-electron chi connectivity index (χ4n) is 0.490. The highest BCUT2D eigenvalue weighted by Gasteiger charge is 2.06. The number of carbonyl (C=O) groups is 1. The Bertz CT molecular complexity index is 268.